The van der Waals surface area contributed by atoms with Gasteiger partial charge in [-0.1, -0.05) is 12.1 Å². The minimum atomic E-state index is -2.87. The molecule has 0 unspecified atom stereocenters. The highest BCUT2D eigenvalue weighted by Gasteiger charge is 2.13. The number of benzene rings is 2. The maximum absolute atomic E-state index is 12.4. The Hall–Kier alpha value is -3.29. The van der Waals surface area contributed by atoms with Gasteiger partial charge in [-0.15, -0.1) is 0 Å². The number of rotatable bonds is 9. The Balaban J connectivity index is 2.06. The molecule has 0 aliphatic carbocycles. The SMILES string of the molecule is COc1cc(/C=C/C(=O)N(C)Cc2ccc(OC(F)F)cc2)cc(OC)c1OC. The van der Waals surface area contributed by atoms with Crippen LogP contribution in [0, 0.1) is 0 Å². The minimum Gasteiger partial charge on any atom is -0.493 e. The van der Waals surface area contributed by atoms with Crippen LogP contribution in [0.1, 0.15) is 11.1 Å². The predicted octanol–water partition coefficient (Wildman–Crippen LogP) is 3.99. The Bertz CT molecular complexity index is 828. The van der Waals surface area contributed by atoms with Crippen molar-refractivity contribution in [1.82, 2.24) is 4.90 Å². The van der Waals surface area contributed by atoms with Gasteiger partial charge in [-0.3, -0.25) is 4.79 Å². The predicted molar refractivity (Wildman–Crippen MR) is 105 cm³/mol. The first-order valence-corrected chi connectivity index (χ1v) is 8.64. The second-order valence-electron chi connectivity index (χ2n) is 6.01. The fourth-order valence-electron chi connectivity index (χ4n) is 2.62. The van der Waals surface area contributed by atoms with Crippen molar-refractivity contribution in [2.45, 2.75) is 13.2 Å². The average Bonchev–Trinajstić information content (AvgIpc) is 2.71. The maximum atomic E-state index is 12.4. The fourth-order valence-corrected chi connectivity index (χ4v) is 2.62. The van der Waals surface area contributed by atoms with E-state index < -0.39 is 6.61 Å². The van der Waals surface area contributed by atoms with Crippen molar-refractivity contribution in [3.63, 3.8) is 0 Å². The third-order valence-electron chi connectivity index (χ3n) is 4.05. The van der Waals surface area contributed by atoms with Crippen LogP contribution >= 0.6 is 0 Å². The summed E-state index contributed by atoms with van der Waals surface area (Å²) in [5.41, 5.74) is 1.48. The van der Waals surface area contributed by atoms with Crippen LogP contribution in [0.15, 0.2) is 42.5 Å². The summed E-state index contributed by atoms with van der Waals surface area (Å²) in [5.74, 6) is 1.28. The molecule has 0 aromatic heterocycles. The van der Waals surface area contributed by atoms with Gasteiger partial charge in [-0.2, -0.15) is 8.78 Å². The Morgan fingerprint density at radius 3 is 2.10 bits per heavy atom. The number of likely N-dealkylation sites (N-methyl/N-ethyl adjacent to an activating group) is 1. The molecule has 0 heterocycles. The first kappa shape index (κ1) is 22.0. The van der Waals surface area contributed by atoms with E-state index in [9.17, 15) is 13.6 Å². The molecule has 29 heavy (non-hydrogen) atoms. The normalized spacial score (nSPS) is 10.9. The zero-order valence-electron chi connectivity index (χ0n) is 16.6. The standard InChI is InChI=1S/C21H23F2NO5/c1-24(13-14-5-8-16(9-6-14)29-21(22)23)19(25)10-7-15-11-17(26-2)20(28-4)18(12-15)27-3/h5-12,21H,13H2,1-4H3/b10-7+. The lowest BCUT2D eigenvalue weighted by Crippen LogP contribution is -2.24. The molecule has 0 saturated carbocycles. The van der Waals surface area contributed by atoms with Gasteiger partial charge in [0.05, 0.1) is 21.3 Å². The third-order valence-corrected chi connectivity index (χ3v) is 4.05. The molecule has 0 aliphatic rings. The van der Waals surface area contributed by atoms with Crippen molar-refractivity contribution in [2.24, 2.45) is 0 Å². The molecule has 8 heteroatoms. The monoisotopic (exact) mass is 407 g/mol. The highest BCUT2D eigenvalue weighted by Crippen LogP contribution is 2.38. The van der Waals surface area contributed by atoms with Gasteiger partial charge in [-0.05, 0) is 41.5 Å². The van der Waals surface area contributed by atoms with Gasteiger partial charge < -0.3 is 23.8 Å². The molecule has 156 valence electrons. The average molecular weight is 407 g/mol. The van der Waals surface area contributed by atoms with Crippen molar-refractivity contribution in [3.8, 4) is 23.0 Å². The molecule has 2 aromatic rings. The van der Waals surface area contributed by atoms with Gasteiger partial charge in [0, 0.05) is 19.7 Å². The summed E-state index contributed by atoms with van der Waals surface area (Å²) < 4.78 is 44.6. The van der Waals surface area contributed by atoms with E-state index in [4.69, 9.17) is 14.2 Å². The number of ether oxygens (including phenoxy) is 4. The lowest BCUT2D eigenvalue weighted by atomic mass is 10.1. The molecular formula is C21H23F2NO5. The van der Waals surface area contributed by atoms with E-state index in [1.807, 2.05) is 0 Å². The molecular weight excluding hydrogens is 384 g/mol. The Morgan fingerprint density at radius 1 is 1.03 bits per heavy atom. The van der Waals surface area contributed by atoms with Crippen molar-refractivity contribution < 1.29 is 32.5 Å². The molecule has 0 saturated heterocycles. The maximum Gasteiger partial charge on any atom is 0.387 e. The highest BCUT2D eigenvalue weighted by atomic mass is 19.3. The number of carbonyl (C=O) groups excluding carboxylic acids is 1. The van der Waals surface area contributed by atoms with Crippen LogP contribution in [0.3, 0.4) is 0 Å². The van der Waals surface area contributed by atoms with Crippen LogP contribution < -0.4 is 18.9 Å². The van der Waals surface area contributed by atoms with Crippen molar-refractivity contribution >= 4 is 12.0 Å². The summed E-state index contributed by atoms with van der Waals surface area (Å²) in [5, 5.41) is 0. The van der Waals surface area contributed by atoms with E-state index >= 15 is 0 Å². The van der Waals surface area contributed by atoms with Gasteiger partial charge in [0.25, 0.3) is 0 Å². The van der Waals surface area contributed by atoms with Gasteiger partial charge in [0.1, 0.15) is 5.75 Å². The van der Waals surface area contributed by atoms with Gasteiger partial charge in [0.15, 0.2) is 11.5 Å². The quantitative estimate of drug-likeness (QED) is 0.589. The second-order valence-corrected chi connectivity index (χ2v) is 6.01. The number of carbonyl (C=O) groups is 1. The number of halogens is 2. The van der Waals surface area contributed by atoms with E-state index in [0.29, 0.717) is 29.4 Å². The summed E-state index contributed by atoms with van der Waals surface area (Å²) in [6, 6.07) is 9.59. The van der Waals surface area contributed by atoms with Crippen LogP contribution in [-0.4, -0.2) is 45.8 Å². The van der Waals surface area contributed by atoms with Crippen molar-refractivity contribution in [2.75, 3.05) is 28.4 Å². The molecule has 0 N–H and O–H groups in total. The largest absolute Gasteiger partial charge is 0.493 e. The summed E-state index contributed by atoms with van der Waals surface area (Å²) >= 11 is 0. The van der Waals surface area contributed by atoms with E-state index in [1.165, 1.54) is 44.4 Å². The molecule has 0 fully saturated rings. The Labute approximate surface area is 168 Å². The van der Waals surface area contributed by atoms with Crippen molar-refractivity contribution in [3.05, 3.63) is 53.6 Å². The molecule has 0 atom stereocenters. The smallest absolute Gasteiger partial charge is 0.387 e. The lowest BCUT2D eigenvalue weighted by molar-refractivity contribution is -0.125. The molecule has 6 nitrogen and oxygen atoms in total. The van der Waals surface area contributed by atoms with E-state index in [0.717, 1.165) is 5.56 Å². The van der Waals surface area contributed by atoms with Crippen LogP contribution in [-0.2, 0) is 11.3 Å². The molecule has 1 amide bonds. The van der Waals surface area contributed by atoms with Gasteiger partial charge in [-0.25, -0.2) is 0 Å². The molecule has 0 spiro atoms. The minimum absolute atomic E-state index is 0.0695. The number of nitrogens with zero attached hydrogens (tertiary/aromatic N) is 1. The molecule has 0 radical (unpaired) electrons. The Kier molecular flexibility index (Phi) is 7.82. The first-order chi connectivity index (χ1) is 13.9. The van der Waals surface area contributed by atoms with E-state index in [-0.39, 0.29) is 11.7 Å². The highest BCUT2D eigenvalue weighted by molar-refractivity contribution is 5.91. The Morgan fingerprint density at radius 2 is 1.62 bits per heavy atom. The number of amides is 1. The summed E-state index contributed by atoms with van der Waals surface area (Å²) in [4.78, 5) is 13.9. The van der Waals surface area contributed by atoms with Gasteiger partial charge >= 0.3 is 6.61 Å². The number of alkyl halides is 2. The summed E-state index contributed by atoms with van der Waals surface area (Å²) in [6.07, 6.45) is 3.07. The van der Waals surface area contributed by atoms with Gasteiger partial charge in [0.2, 0.25) is 11.7 Å². The fraction of sp³-hybridized carbons (Fsp3) is 0.286. The molecule has 2 rings (SSSR count). The van der Waals surface area contributed by atoms with Crippen LogP contribution in [0.2, 0.25) is 0 Å². The number of hydrogen-bond donors (Lipinski definition) is 0. The summed E-state index contributed by atoms with van der Waals surface area (Å²) in [6.45, 7) is -2.56. The third kappa shape index (κ3) is 6.10. The lowest BCUT2D eigenvalue weighted by Gasteiger charge is -2.16. The topological polar surface area (TPSA) is 57.2 Å². The first-order valence-electron chi connectivity index (χ1n) is 8.64. The van der Waals surface area contributed by atoms with Crippen LogP contribution in [0.25, 0.3) is 6.08 Å². The molecule has 0 bridgehead atoms. The van der Waals surface area contributed by atoms with Crippen LogP contribution in [0.5, 0.6) is 23.0 Å². The van der Waals surface area contributed by atoms with E-state index in [1.54, 1.807) is 37.4 Å². The second kappa shape index (κ2) is 10.3. The number of methoxy groups -OCH3 is 3. The van der Waals surface area contributed by atoms with Crippen molar-refractivity contribution in [1.29, 1.82) is 0 Å². The zero-order valence-corrected chi connectivity index (χ0v) is 16.6. The molecule has 0 aliphatic heterocycles. The molecule has 2 aromatic carbocycles. The number of hydrogen-bond acceptors (Lipinski definition) is 5. The zero-order chi connectivity index (χ0) is 21.4. The summed E-state index contributed by atoms with van der Waals surface area (Å²) in [7, 11) is 6.19. The van der Waals surface area contributed by atoms with Crippen LogP contribution in [0.4, 0.5) is 8.78 Å². The van der Waals surface area contributed by atoms with E-state index in [2.05, 4.69) is 4.74 Å².